The largest absolute Gasteiger partial charge is 0.378 e. The summed E-state index contributed by atoms with van der Waals surface area (Å²) in [7, 11) is 0. The second-order valence-corrected chi connectivity index (χ2v) is 2.49. The highest BCUT2D eigenvalue weighted by atomic mass is 16.1. The van der Waals surface area contributed by atoms with Crippen LogP contribution in [0.2, 0.25) is 0 Å². The van der Waals surface area contributed by atoms with Gasteiger partial charge in [0.1, 0.15) is 6.54 Å². The molecule has 58 valence electrons. The molecular weight excluding hydrogens is 140 g/mol. The number of nitrogens with zero attached hydrogens (tertiary/aromatic N) is 1. The van der Waals surface area contributed by atoms with Gasteiger partial charge in [-0.2, -0.15) is 5.26 Å². The zero-order valence-corrected chi connectivity index (χ0v) is 6.26. The molecule has 0 saturated heterocycles. The van der Waals surface area contributed by atoms with Gasteiger partial charge in [0.25, 0.3) is 0 Å². The highest BCUT2D eigenvalue weighted by molar-refractivity contribution is 5.97. The van der Waals surface area contributed by atoms with E-state index in [4.69, 9.17) is 5.26 Å². The molecule has 1 N–H and O–H groups in total. The molecule has 1 aliphatic rings. The minimum Gasteiger partial charge on any atom is -0.378 e. The van der Waals surface area contributed by atoms with Crippen LogP contribution in [-0.2, 0) is 4.79 Å². The highest BCUT2D eigenvalue weighted by Crippen LogP contribution is 2.18. The molecule has 3 heteroatoms. The molecule has 0 spiro atoms. The second kappa shape index (κ2) is 3.77. The van der Waals surface area contributed by atoms with Crippen LogP contribution in [0.25, 0.3) is 0 Å². The van der Waals surface area contributed by atoms with Gasteiger partial charge in [-0.3, -0.25) is 4.79 Å². The number of nitrogens with one attached hydrogen (secondary N) is 1. The van der Waals surface area contributed by atoms with Crippen LogP contribution in [0.1, 0.15) is 19.3 Å². The highest BCUT2D eigenvalue weighted by Gasteiger charge is 2.15. The van der Waals surface area contributed by atoms with Gasteiger partial charge in [0, 0.05) is 18.2 Å². The topological polar surface area (TPSA) is 52.9 Å². The lowest BCUT2D eigenvalue weighted by atomic mass is 10.2. The van der Waals surface area contributed by atoms with Crippen LogP contribution in [-0.4, -0.2) is 12.3 Å². The average Bonchev–Trinajstić information content (AvgIpc) is 2.37. The molecule has 0 bridgehead atoms. The van der Waals surface area contributed by atoms with Crippen molar-refractivity contribution in [3.8, 4) is 6.07 Å². The van der Waals surface area contributed by atoms with E-state index in [1.54, 1.807) is 6.20 Å². The Morgan fingerprint density at radius 3 is 3.00 bits per heavy atom. The van der Waals surface area contributed by atoms with Crippen molar-refractivity contribution in [1.29, 1.82) is 5.26 Å². The first-order valence-corrected chi connectivity index (χ1v) is 3.67. The first-order chi connectivity index (χ1) is 5.34. The van der Waals surface area contributed by atoms with E-state index in [0.29, 0.717) is 6.42 Å². The summed E-state index contributed by atoms with van der Waals surface area (Å²) in [6.07, 6.45) is 4.15. The van der Waals surface area contributed by atoms with Crippen LogP contribution in [0.15, 0.2) is 11.8 Å². The molecule has 0 aliphatic heterocycles. The van der Waals surface area contributed by atoms with E-state index < -0.39 is 0 Å². The maximum atomic E-state index is 11.0. The lowest BCUT2D eigenvalue weighted by molar-refractivity contribution is -0.114. The third-order valence-electron chi connectivity index (χ3n) is 1.67. The summed E-state index contributed by atoms with van der Waals surface area (Å²) in [5.74, 6) is 0.218. The van der Waals surface area contributed by atoms with Crippen molar-refractivity contribution >= 4 is 5.78 Å². The normalized spacial score (nSPS) is 20.3. The fraction of sp³-hybridized carbons (Fsp3) is 0.500. The van der Waals surface area contributed by atoms with Crippen LogP contribution in [0.4, 0.5) is 0 Å². The van der Waals surface area contributed by atoms with Crippen LogP contribution >= 0.6 is 0 Å². The van der Waals surface area contributed by atoms with E-state index in [-0.39, 0.29) is 12.3 Å². The fourth-order valence-corrected chi connectivity index (χ4v) is 1.11. The van der Waals surface area contributed by atoms with Gasteiger partial charge in [-0.05, 0) is 12.8 Å². The number of carbonyl (C=O) groups excluding carboxylic acids is 1. The Morgan fingerprint density at radius 2 is 2.45 bits per heavy atom. The fourth-order valence-electron chi connectivity index (χ4n) is 1.11. The average molecular weight is 150 g/mol. The quantitative estimate of drug-likeness (QED) is 0.359. The molecule has 11 heavy (non-hydrogen) atoms. The Hall–Kier alpha value is -1.30. The number of Topliss-reactive ketones (excluding diaryl/α,β-unsaturated/α-hetero) is 1. The Bertz CT molecular complexity index is 225. The molecule has 0 unspecified atom stereocenters. The van der Waals surface area contributed by atoms with Gasteiger partial charge in [-0.15, -0.1) is 0 Å². The molecular formula is C8H10N2O. The monoisotopic (exact) mass is 150 g/mol. The molecule has 1 saturated carbocycles. The number of allylic oxidation sites excluding steroid dienone is 1. The number of nitriles is 1. The van der Waals surface area contributed by atoms with Gasteiger partial charge in [0.15, 0.2) is 5.78 Å². The molecule has 3 nitrogen and oxygen atoms in total. The summed E-state index contributed by atoms with van der Waals surface area (Å²) in [4.78, 5) is 11.0. The predicted octanol–water partition coefficient (Wildman–Crippen LogP) is 0.736. The minimum absolute atomic E-state index is 0.218. The van der Waals surface area contributed by atoms with Gasteiger partial charge in [0.2, 0.25) is 0 Å². The van der Waals surface area contributed by atoms with Crippen molar-refractivity contribution < 1.29 is 4.79 Å². The van der Waals surface area contributed by atoms with E-state index in [9.17, 15) is 4.79 Å². The van der Waals surface area contributed by atoms with Gasteiger partial charge >= 0.3 is 0 Å². The van der Waals surface area contributed by atoms with Crippen LogP contribution in [0, 0.1) is 11.3 Å². The van der Waals surface area contributed by atoms with Crippen molar-refractivity contribution in [3.05, 3.63) is 11.8 Å². The summed E-state index contributed by atoms with van der Waals surface area (Å²) >= 11 is 0. The molecule has 1 aliphatic carbocycles. The zero-order valence-electron chi connectivity index (χ0n) is 6.26. The molecule has 1 rings (SSSR count). The summed E-state index contributed by atoms with van der Waals surface area (Å²) in [6.45, 7) is 0.275. The Labute approximate surface area is 65.7 Å². The smallest absolute Gasteiger partial charge is 0.160 e. The molecule has 0 aromatic heterocycles. The standard InChI is InChI=1S/C8H10N2O/c9-4-5-10-6-7-2-1-3-8(7)11/h6,10H,1-3,5H2/b7-6+. The Morgan fingerprint density at radius 1 is 1.64 bits per heavy atom. The molecule has 0 atom stereocenters. The van der Waals surface area contributed by atoms with E-state index in [1.165, 1.54) is 0 Å². The number of hydrogen-bond acceptors (Lipinski definition) is 3. The van der Waals surface area contributed by atoms with Gasteiger partial charge in [-0.1, -0.05) is 0 Å². The third-order valence-corrected chi connectivity index (χ3v) is 1.67. The van der Waals surface area contributed by atoms with Gasteiger partial charge < -0.3 is 5.32 Å². The number of rotatable bonds is 2. The molecule has 0 aromatic carbocycles. The number of carbonyl (C=O) groups is 1. The maximum Gasteiger partial charge on any atom is 0.160 e. The Balaban J connectivity index is 2.40. The molecule has 0 amide bonds. The van der Waals surface area contributed by atoms with Crippen LogP contribution in [0.5, 0.6) is 0 Å². The summed E-state index contributed by atoms with van der Waals surface area (Å²) < 4.78 is 0. The first-order valence-electron chi connectivity index (χ1n) is 3.67. The second-order valence-electron chi connectivity index (χ2n) is 2.49. The zero-order chi connectivity index (χ0) is 8.10. The van der Waals surface area contributed by atoms with Crippen molar-refractivity contribution in [3.63, 3.8) is 0 Å². The van der Waals surface area contributed by atoms with Gasteiger partial charge in [0.05, 0.1) is 6.07 Å². The van der Waals surface area contributed by atoms with E-state index in [0.717, 1.165) is 18.4 Å². The molecule has 1 fully saturated rings. The maximum absolute atomic E-state index is 11.0. The van der Waals surface area contributed by atoms with Crippen molar-refractivity contribution in [1.82, 2.24) is 5.32 Å². The molecule has 0 radical (unpaired) electrons. The van der Waals surface area contributed by atoms with Crippen LogP contribution in [0.3, 0.4) is 0 Å². The summed E-state index contributed by atoms with van der Waals surface area (Å²) in [5.41, 5.74) is 0.834. The number of hydrogen-bond donors (Lipinski definition) is 1. The first kappa shape index (κ1) is 7.80. The minimum atomic E-state index is 0.218. The predicted molar refractivity (Wildman–Crippen MR) is 40.6 cm³/mol. The van der Waals surface area contributed by atoms with E-state index >= 15 is 0 Å². The third kappa shape index (κ3) is 2.08. The molecule has 0 aromatic rings. The SMILES string of the molecule is N#CCN/C=C1\CCCC1=O. The lowest BCUT2D eigenvalue weighted by Crippen LogP contribution is -2.07. The Kier molecular flexibility index (Phi) is 2.67. The lowest BCUT2D eigenvalue weighted by Gasteiger charge is -1.93. The van der Waals surface area contributed by atoms with Crippen LogP contribution < -0.4 is 5.32 Å². The summed E-state index contributed by atoms with van der Waals surface area (Å²) in [5, 5.41) is 10.9. The van der Waals surface area contributed by atoms with E-state index in [1.807, 2.05) is 6.07 Å². The number of ketones is 1. The van der Waals surface area contributed by atoms with Crippen molar-refractivity contribution in [2.45, 2.75) is 19.3 Å². The van der Waals surface area contributed by atoms with Crippen molar-refractivity contribution in [2.24, 2.45) is 0 Å². The summed E-state index contributed by atoms with van der Waals surface area (Å²) in [6, 6.07) is 1.94. The van der Waals surface area contributed by atoms with Gasteiger partial charge in [-0.25, -0.2) is 0 Å². The molecule has 0 heterocycles. The van der Waals surface area contributed by atoms with E-state index in [2.05, 4.69) is 5.32 Å². The van der Waals surface area contributed by atoms with Crippen molar-refractivity contribution in [2.75, 3.05) is 6.54 Å².